The molecule has 6 nitrogen and oxygen atoms in total. The minimum Gasteiger partial charge on any atom is -0.451 e. The molecule has 5 rings (SSSR count). The molecule has 182 valence electrons. The summed E-state index contributed by atoms with van der Waals surface area (Å²) in [6.45, 7) is 3.65. The number of ketones is 1. The van der Waals surface area contributed by atoms with Crippen LogP contribution in [0.4, 0.5) is 0 Å². The molecule has 0 bridgehead atoms. The highest BCUT2D eigenvalue weighted by atomic mass is 16.5. The van der Waals surface area contributed by atoms with Crippen LogP contribution in [0, 0.1) is 13.8 Å². The van der Waals surface area contributed by atoms with E-state index in [-0.39, 0.29) is 11.6 Å². The summed E-state index contributed by atoms with van der Waals surface area (Å²) in [4.78, 5) is 30.0. The van der Waals surface area contributed by atoms with Crippen LogP contribution in [0.1, 0.15) is 32.1 Å². The number of carbonyl (C=O) groups is 2. The third-order valence-electron chi connectivity index (χ3n) is 6.21. The zero-order valence-electron chi connectivity index (χ0n) is 20.6. The van der Waals surface area contributed by atoms with Gasteiger partial charge in [0.1, 0.15) is 0 Å². The first-order valence-corrected chi connectivity index (χ1v) is 12.0. The van der Waals surface area contributed by atoms with Gasteiger partial charge in [-0.15, -0.1) is 5.10 Å². The van der Waals surface area contributed by atoms with E-state index in [9.17, 15) is 9.59 Å². The van der Waals surface area contributed by atoms with Crippen LogP contribution < -0.4 is 0 Å². The van der Waals surface area contributed by atoms with Crippen molar-refractivity contribution in [2.24, 2.45) is 0 Å². The lowest BCUT2D eigenvalue weighted by atomic mass is 10.0. The fraction of sp³-hybridized carbons (Fsp3) is 0.0968. The van der Waals surface area contributed by atoms with Crippen LogP contribution in [-0.2, 0) is 4.74 Å². The first-order valence-electron chi connectivity index (χ1n) is 12.0. The Balaban J connectivity index is 1.34. The number of hydrogen-bond donors (Lipinski definition) is 0. The van der Waals surface area contributed by atoms with E-state index in [4.69, 9.17) is 4.74 Å². The molecule has 0 N–H and O–H groups in total. The average Bonchev–Trinajstić information content (AvgIpc) is 3.40. The Morgan fingerprint density at radius 2 is 1.35 bits per heavy atom. The normalized spacial score (nSPS) is 10.8. The molecule has 0 spiro atoms. The van der Waals surface area contributed by atoms with E-state index in [1.165, 1.54) is 0 Å². The van der Waals surface area contributed by atoms with E-state index in [0.29, 0.717) is 11.4 Å². The minimum absolute atomic E-state index is 0.107. The molecule has 0 aliphatic rings. The number of Topliss-reactive ketones (excluding diaryl/α,β-unsaturated/α-hetero) is 1. The summed E-state index contributed by atoms with van der Waals surface area (Å²) in [7, 11) is 0. The number of rotatable bonds is 7. The number of benzene rings is 4. The van der Waals surface area contributed by atoms with Gasteiger partial charge >= 0.3 is 5.97 Å². The largest absolute Gasteiger partial charge is 0.451 e. The number of aryl methyl sites for hydroxylation is 2. The van der Waals surface area contributed by atoms with Crippen LogP contribution in [-0.4, -0.2) is 33.1 Å². The Bertz CT molecular complexity index is 1560. The van der Waals surface area contributed by atoms with Gasteiger partial charge in [-0.1, -0.05) is 91.0 Å². The second kappa shape index (κ2) is 10.4. The van der Waals surface area contributed by atoms with Gasteiger partial charge in [-0.3, -0.25) is 4.79 Å². The summed E-state index contributed by atoms with van der Waals surface area (Å²) in [5.41, 5.74) is 6.37. The Labute approximate surface area is 215 Å². The number of esters is 1. The maximum absolute atomic E-state index is 12.9. The quantitative estimate of drug-likeness (QED) is 0.200. The molecule has 5 aromatic rings. The van der Waals surface area contributed by atoms with Gasteiger partial charge < -0.3 is 4.74 Å². The van der Waals surface area contributed by atoms with Crippen LogP contribution in [0.2, 0.25) is 0 Å². The van der Waals surface area contributed by atoms with Crippen molar-refractivity contribution in [3.63, 3.8) is 0 Å². The lowest BCUT2D eigenvalue weighted by Gasteiger charge is -2.08. The number of carbonyl (C=O) groups excluding carboxylic acids is 2. The van der Waals surface area contributed by atoms with Gasteiger partial charge in [0.05, 0.1) is 5.69 Å². The van der Waals surface area contributed by atoms with Crippen molar-refractivity contribution >= 4 is 11.8 Å². The Morgan fingerprint density at radius 3 is 2.00 bits per heavy atom. The molecule has 0 saturated heterocycles. The third-order valence-corrected chi connectivity index (χ3v) is 6.21. The predicted molar refractivity (Wildman–Crippen MR) is 143 cm³/mol. The summed E-state index contributed by atoms with van der Waals surface area (Å²) >= 11 is 0. The Kier molecular flexibility index (Phi) is 6.72. The monoisotopic (exact) mass is 487 g/mol. The first-order chi connectivity index (χ1) is 18.0. The van der Waals surface area contributed by atoms with E-state index < -0.39 is 12.6 Å². The number of nitrogens with zero attached hydrogens (tertiary/aromatic N) is 3. The highest BCUT2D eigenvalue weighted by molar-refractivity contribution is 5.99. The summed E-state index contributed by atoms with van der Waals surface area (Å²) < 4.78 is 6.94. The molecule has 4 aromatic carbocycles. The highest BCUT2D eigenvalue weighted by Gasteiger charge is 2.21. The lowest BCUT2D eigenvalue weighted by molar-refractivity contribution is 0.0462. The van der Waals surface area contributed by atoms with E-state index in [2.05, 4.69) is 10.1 Å². The van der Waals surface area contributed by atoms with Gasteiger partial charge in [-0.2, -0.15) is 0 Å². The molecule has 6 heteroatoms. The minimum atomic E-state index is -0.756. The molecule has 0 atom stereocenters. The van der Waals surface area contributed by atoms with Gasteiger partial charge in [-0.25, -0.2) is 14.5 Å². The average molecular weight is 488 g/mol. The fourth-order valence-electron chi connectivity index (χ4n) is 3.97. The van der Waals surface area contributed by atoms with Crippen molar-refractivity contribution in [3.05, 3.63) is 126 Å². The summed E-state index contributed by atoms with van der Waals surface area (Å²) in [6, 6.07) is 32.6. The molecule has 0 radical (unpaired) electrons. The zero-order chi connectivity index (χ0) is 25.8. The van der Waals surface area contributed by atoms with Gasteiger partial charge in [-0.05, 0) is 48.2 Å². The smallest absolute Gasteiger partial charge is 0.378 e. The molecule has 0 unspecified atom stereocenters. The van der Waals surface area contributed by atoms with E-state index in [1.54, 1.807) is 16.8 Å². The molecular formula is C31H25N3O3. The number of hydrogen-bond acceptors (Lipinski definition) is 5. The van der Waals surface area contributed by atoms with Crippen LogP contribution >= 0.6 is 0 Å². The highest BCUT2D eigenvalue weighted by Crippen LogP contribution is 2.23. The van der Waals surface area contributed by atoms with Crippen molar-refractivity contribution < 1.29 is 14.3 Å². The van der Waals surface area contributed by atoms with Gasteiger partial charge in [0, 0.05) is 11.1 Å². The van der Waals surface area contributed by atoms with Crippen LogP contribution in [0.15, 0.2) is 103 Å². The van der Waals surface area contributed by atoms with Crippen molar-refractivity contribution in [1.29, 1.82) is 0 Å². The van der Waals surface area contributed by atoms with Crippen molar-refractivity contribution in [1.82, 2.24) is 14.8 Å². The number of aromatic nitrogens is 3. The summed E-state index contributed by atoms with van der Waals surface area (Å²) in [5, 5.41) is 4.44. The molecular weight excluding hydrogens is 462 g/mol. The maximum Gasteiger partial charge on any atom is 0.378 e. The third kappa shape index (κ3) is 5.23. The standard InChI is InChI=1S/C31H25N3O3/c1-21-13-18-27(19-22(21)2)34-30(26-11-7-4-8-12-26)32-29(33-34)31(36)37-20-28(35)25-16-14-24(15-17-25)23-9-5-3-6-10-23/h3-19H,20H2,1-2H3. The van der Waals surface area contributed by atoms with Crippen LogP contribution in [0.5, 0.6) is 0 Å². The second-order valence-electron chi connectivity index (χ2n) is 8.75. The summed E-state index contributed by atoms with van der Waals surface area (Å²) in [5.74, 6) is -0.651. The zero-order valence-corrected chi connectivity index (χ0v) is 20.6. The molecule has 1 heterocycles. The molecule has 37 heavy (non-hydrogen) atoms. The molecule has 0 aliphatic heterocycles. The molecule has 0 fully saturated rings. The predicted octanol–water partition coefficient (Wildman–Crippen LogP) is 6.26. The molecule has 1 aromatic heterocycles. The fourth-order valence-corrected chi connectivity index (χ4v) is 3.97. The van der Waals surface area contributed by atoms with E-state index in [1.807, 2.05) is 105 Å². The Morgan fingerprint density at radius 1 is 0.730 bits per heavy atom. The van der Waals surface area contributed by atoms with Crippen molar-refractivity contribution in [3.8, 4) is 28.2 Å². The molecule has 0 aliphatic carbocycles. The maximum atomic E-state index is 12.9. The van der Waals surface area contributed by atoms with E-state index in [0.717, 1.165) is 33.5 Å². The Hall–Kier alpha value is -4.84. The van der Waals surface area contributed by atoms with E-state index >= 15 is 0 Å². The number of ether oxygens (including phenoxy) is 1. The van der Waals surface area contributed by atoms with Crippen LogP contribution in [0.25, 0.3) is 28.2 Å². The molecule has 0 saturated carbocycles. The van der Waals surface area contributed by atoms with Crippen LogP contribution in [0.3, 0.4) is 0 Å². The SMILES string of the molecule is Cc1ccc(-n2nc(C(=O)OCC(=O)c3ccc(-c4ccccc4)cc3)nc2-c2ccccc2)cc1C. The molecule has 0 amide bonds. The van der Waals surface area contributed by atoms with Crippen molar-refractivity contribution in [2.45, 2.75) is 13.8 Å². The van der Waals surface area contributed by atoms with Gasteiger partial charge in [0.2, 0.25) is 0 Å². The van der Waals surface area contributed by atoms with Gasteiger partial charge in [0.15, 0.2) is 18.2 Å². The van der Waals surface area contributed by atoms with Crippen molar-refractivity contribution in [2.75, 3.05) is 6.61 Å². The second-order valence-corrected chi connectivity index (χ2v) is 8.75. The lowest BCUT2D eigenvalue weighted by Crippen LogP contribution is -2.15. The van der Waals surface area contributed by atoms with Gasteiger partial charge in [0.25, 0.3) is 5.82 Å². The topological polar surface area (TPSA) is 74.1 Å². The first kappa shape index (κ1) is 23.9. The summed E-state index contributed by atoms with van der Waals surface area (Å²) in [6.07, 6.45) is 0.